The van der Waals surface area contributed by atoms with Gasteiger partial charge in [0.15, 0.2) is 11.0 Å². The molecule has 2 rings (SSSR count). The van der Waals surface area contributed by atoms with Crippen LogP contribution in [0.4, 0.5) is 5.82 Å². The summed E-state index contributed by atoms with van der Waals surface area (Å²) in [5, 5.41) is 11.6. The molecule has 0 atom stereocenters. The van der Waals surface area contributed by atoms with Gasteiger partial charge >= 0.3 is 5.97 Å². The summed E-state index contributed by atoms with van der Waals surface area (Å²) in [5.41, 5.74) is 0.0435. The number of para-hydroxylation sites is 2. The van der Waals surface area contributed by atoms with Crippen LogP contribution in [0.3, 0.4) is 0 Å². The zero-order chi connectivity index (χ0) is 15.6. The zero-order valence-corrected chi connectivity index (χ0v) is 12.3. The number of aromatic nitrogens is 2. The van der Waals surface area contributed by atoms with Crippen LogP contribution in [0.1, 0.15) is 20.3 Å². The fraction of sp³-hybridized carbons (Fsp3) is 0.286. The van der Waals surface area contributed by atoms with Crippen LogP contribution in [0.5, 0.6) is 0 Å². The number of nitrogens with zero attached hydrogens (tertiary/aromatic N) is 2. The van der Waals surface area contributed by atoms with Crippen molar-refractivity contribution in [1.29, 1.82) is 0 Å². The van der Waals surface area contributed by atoms with Gasteiger partial charge in [-0.3, -0.25) is 9.59 Å². The number of carbonyl (C=O) groups excluding carboxylic acids is 1. The van der Waals surface area contributed by atoms with Crippen LogP contribution < -0.4 is 5.32 Å². The molecule has 0 aliphatic heterocycles. The van der Waals surface area contributed by atoms with Crippen molar-refractivity contribution in [2.75, 3.05) is 5.32 Å². The number of anilines is 1. The van der Waals surface area contributed by atoms with Gasteiger partial charge in [-0.05, 0) is 26.0 Å². The molecule has 0 spiro atoms. The Balaban J connectivity index is 2.21. The lowest BCUT2D eigenvalue weighted by atomic mass is 9.89. The van der Waals surface area contributed by atoms with Crippen molar-refractivity contribution < 1.29 is 14.7 Å². The number of amides is 1. The molecule has 6 nitrogen and oxygen atoms in total. The molecule has 7 heteroatoms. The van der Waals surface area contributed by atoms with Gasteiger partial charge in [0.2, 0.25) is 5.91 Å². The van der Waals surface area contributed by atoms with Gasteiger partial charge < -0.3 is 10.4 Å². The molecular weight excluding hydrogens is 294 g/mol. The van der Waals surface area contributed by atoms with Crippen LogP contribution in [-0.4, -0.2) is 27.0 Å². The van der Waals surface area contributed by atoms with Crippen molar-refractivity contribution in [3.05, 3.63) is 29.4 Å². The molecular formula is C14H14ClN3O3. The van der Waals surface area contributed by atoms with E-state index in [-0.39, 0.29) is 17.4 Å². The number of hydrogen-bond donors (Lipinski definition) is 2. The van der Waals surface area contributed by atoms with Gasteiger partial charge in [0, 0.05) is 6.42 Å². The van der Waals surface area contributed by atoms with Crippen molar-refractivity contribution in [3.8, 4) is 0 Å². The molecule has 2 aromatic rings. The topological polar surface area (TPSA) is 92.2 Å². The summed E-state index contributed by atoms with van der Waals surface area (Å²) in [6.07, 6.45) is -0.187. The number of hydrogen-bond acceptors (Lipinski definition) is 4. The Labute approximate surface area is 126 Å². The maximum atomic E-state index is 11.9. The van der Waals surface area contributed by atoms with E-state index >= 15 is 0 Å². The van der Waals surface area contributed by atoms with E-state index in [2.05, 4.69) is 15.3 Å². The number of aliphatic carboxylic acids is 1. The maximum Gasteiger partial charge on any atom is 0.309 e. The molecule has 1 aromatic carbocycles. The van der Waals surface area contributed by atoms with Crippen LogP contribution in [0.25, 0.3) is 11.0 Å². The summed E-state index contributed by atoms with van der Waals surface area (Å²) in [6.45, 7) is 2.95. The van der Waals surface area contributed by atoms with Gasteiger partial charge in [0.1, 0.15) is 0 Å². The molecule has 2 N–H and O–H groups in total. The average molecular weight is 308 g/mol. The Morgan fingerprint density at radius 2 is 1.81 bits per heavy atom. The summed E-state index contributed by atoms with van der Waals surface area (Å²) in [5.74, 6) is -1.40. The number of carbonyl (C=O) groups is 2. The van der Waals surface area contributed by atoms with Gasteiger partial charge in [0.05, 0.1) is 16.4 Å². The summed E-state index contributed by atoms with van der Waals surface area (Å²) in [6, 6.07) is 7.11. The van der Waals surface area contributed by atoms with Crippen molar-refractivity contribution in [2.24, 2.45) is 5.41 Å². The number of benzene rings is 1. The van der Waals surface area contributed by atoms with Gasteiger partial charge in [-0.15, -0.1) is 0 Å². The van der Waals surface area contributed by atoms with E-state index in [0.29, 0.717) is 11.0 Å². The second-order valence-electron chi connectivity index (χ2n) is 5.27. The lowest BCUT2D eigenvalue weighted by molar-refractivity contribution is -0.148. The second kappa shape index (κ2) is 5.65. The maximum absolute atomic E-state index is 11.9. The number of fused-ring (bicyclic) bond motifs is 1. The quantitative estimate of drug-likeness (QED) is 0.906. The molecule has 0 saturated carbocycles. The SMILES string of the molecule is CC(C)(CC(=O)Nc1nc2ccccc2nc1Cl)C(=O)O. The first kappa shape index (κ1) is 15.2. The number of rotatable bonds is 4. The Bertz CT molecular complexity index is 716. The van der Waals surface area contributed by atoms with E-state index in [0.717, 1.165) is 0 Å². The van der Waals surface area contributed by atoms with Crippen molar-refractivity contribution in [3.63, 3.8) is 0 Å². The van der Waals surface area contributed by atoms with Crippen molar-refractivity contribution in [2.45, 2.75) is 20.3 Å². The lowest BCUT2D eigenvalue weighted by Crippen LogP contribution is -2.29. The molecule has 0 fully saturated rings. The van der Waals surface area contributed by atoms with Crippen LogP contribution in [0, 0.1) is 5.41 Å². The van der Waals surface area contributed by atoms with E-state index in [9.17, 15) is 9.59 Å². The number of halogens is 1. The lowest BCUT2D eigenvalue weighted by Gasteiger charge is -2.18. The molecule has 1 heterocycles. The normalized spacial score (nSPS) is 11.4. The molecule has 1 aromatic heterocycles. The molecule has 0 unspecified atom stereocenters. The summed E-state index contributed by atoms with van der Waals surface area (Å²) in [7, 11) is 0. The number of carboxylic acids is 1. The predicted octanol–water partition coefficient (Wildman–Crippen LogP) is 2.72. The minimum absolute atomic E-state index is 0.0650. The van der Waals surface area contributed by atoms with Crippen LogP contribution in [0.2, 0.25) is 5.15 Å². The Kier molecular flexibility index (Phi) is 4.09. The van der Waals surface area contributed by atoms with Gasteiger partial charge in [0.25, 0.3) is 0 Å². The van der Waals surface area contributed by atoms with Crippen LogP contribution >= 0.6 is 11.6 Å². The van der Waals surface area contributed by atoms with E-state index in [1.165, 1.54) is 13.8 Å². The van der Waals surface area contributed by atoms with Gasteiger partial charge in [-0.2, -0.15) is 0 Å². The standard InChI is InChI=1S/C14H14ClN3O3/c1-14(2,13(20)21)7-10(19)18-12-11(15)16-8-5-3-4-6-9(8)17-12/h3-6H,7H2,1-2H3,(H,20,21)(H,17,18,19). The molecule has 21 heavy (non-hydrogen) atoms. The first-order valence-electron chi connectivity index (χ1n) is 6.25. The fourth-order valence-electron chi connectivity index (χ4n) is 1.71. The second-order valence-corrected chi connectivity index (χ2v) is 5.62. The van der Waals surface area contributed by atoms with E-state index < -0.39 is 17.3 Å². The van der Waals surface area contributed by atoms with E-state index in [4.69, 9.17) is 16.7 Å². The highest BCUT2D eigenvalue weighted by Crippen LogP contribution is 2.24. The smallest absolute Gasteiger partial charge is 0.309 e. The predicted molar refractivity (Wildman–Crippen MR) is 79.2 cm³/mol. The number of nitrogens with one attached hydrogen (secondary N) is 1. The summed E-state index contributed by atoms with van der Waals surface area (Å²) < 4.78 is 0. The first-order valence-corrected chi connectivity index (χ1v) is 6.63. The third-order valence-corrected chi connectivity index (χ3v) is 3.23. The minimum Gasteiger partial charge on any atom is -0.481 e. The van der Waals surface area contributed by atoms with Crippen molar-refractivity contribution >= 4 is 40.3 Å². The first-order chi connectivity index (χ1) is 9.79. The third kappa shape index (κ3) is 3.46. The zero-order valence-electron chi connectivity index (χ0n) is 11.6. The van der Waals surface area contributed by atoms with Gasteiger partial charge in [-0.1, -0.05) is 23.7 Å². The van der Waals surface area contributed by atoms with Crippen LogP contribution in [0.15, 0.2) is 24.3 Å². The van der Waals surface area contributed by atoms with E-state index in [1.54, 1.807) is 24.3 Å². The highest BCUT2D eigenvalue weighted by atomic mass is 35.5. The molecule has 0 radical (unpaired) electrons. The highest BCUT2D eigenvalue weighted by molar-refractivity contribution is 6.32. The summed E-state index contributed by atoms with van der Waals surface area (Å²) in [4.78, 5) is 31.3. The largest absolute Gasteiger partial charge is 0.481 e. The van der Waals surface area contributed by atoms with E-state index in [1.807, 2.05) is 0 Å². The summed E-state index contributed by atoms with van der Waals surface area (Å²) >= 11 is 5.98. The average Bonchev–Trinajstić information content (AvgIpc) is 2.38. The molecule has 0 aliphatic rings. The molecule has 110 valence electrons. The van der Waals surface area contributed by atoms with Crippen LogP contribution in [-0.2, 0) is 9.59 Å². The fourth-order valence-corrected chi connectivity index (χ4v) is 1.89. The third-order valence-electron chi connectivity index (χ3n) is 2.97. The Morgan fingerprint density at radius 1 is 1.24 bits per heavy atom. The highest BCUT2D eigenvalue weighted by Gasteiger charge is 2.30. The molecule has 0 saturated heterocycles. The molecule has 1 amide bonds. The van der Waals surface area contributed by atoms with Gasteiger partial charge in [-0.25, -0.2) is 9.97 Å². The minimum atomic E-state index is -1.17. The molecule has 0 bridgehead atoms. The molecule has 0 aliphatic carbocycles. The number of carboxylic acid groups (broad SMARTS) is 1. The Hall–Kier alpha value is -2.21. The van der Waals surface area contributed by atoms with Crippen molar-refractivity contribution in [1.82, 2.24) is 9.97 Å². The monoisotopic (exact) mass is 307 g/mol. The Morgan fingerprint density at radius 3 is 2.38 bits per heavy atom.